The van der Waals surface area contributed by atoms with Crippen molar-refractivity contribution in [3.63, 3.8) is 0 Å². The molecular weight excluding hydrogens is 502 g/mol. The number of aryl methyl sites for hydroxylation is 1. The molecule has 2 aromatic carbocycles. The van der Waals surface area contributed by atoms with Gasteiger partial charge in [-0.25, -0.2) is 9.79 Å². The van der Waals surface area contributed by atoms with Gasteiger partial charge in [-0.1, -0.05) is 35.5 Å². The SMILES string of the molecule is CCOC(=O)C1=C(C)N=C2SC=CN2[C@H]1c1ccc(OCC(=O)Nc2cc(Cl)ccc2C)c(OC)c1. The lowest BCUT2D eigenvalue weighted by Gasteiger charge is -2.33. The Hall–Kier alpha value is -3.43. The number of hydrogen-bond acceptors (Lipinski definition) is 8. The zero-order chi connectivity index (χ0) is 25.8. The third-order valence-corrected chi connectivity index (χ3v) is 6.66. The number of allylic oxidation sites excluding steroid dienone is 1. The highest BCUT2D eigenvalue weighted by molar-refractivity contribution is 8.16. The molecule has 4 rings (SSSR count). The average Bonchev–Trinajstić information content (AvgIpc) is 3.32. The van der Waals surface area contributed by atoms with Gasteiger partial charge in [-0.05, 0) is 61.6 Å². The minimum absolute atomic E-state index is 0.222. The Morgan fingerprint density at radius 1 is 1.17 bits per heavy atom. The molecule has 0 saturated heterocycles. The van der Waals surface area contributed by atoms with E-state index in [4.69, 9.17) is 25.8 Å². The van der Waals surface area contributed by atoms with Gasteiger partial charge < -0.3 is 24.4 Å². The molecule has 8 nitrogen and oxygen atoms in total. The second-order valence-corrected chi connectivity index (χ2v) is 9.34. The highest BCUT2D eigenvalue weighted by atomic mass is 35.5. The zero-order valence-corrected chi connectivity index (χ0v) is 21.9. The number of methoxy groups -OCH3 is 1. The van der Waals surface area contributed by atoms with E-state index in [1.807, 2.05) is 35.6 Å². The van der Waals surface area contributed by atoms with Crippen molar-refractivity contribution in [1.29, 1.82) is 0 Å². The van der Waals surface area contributed by atoms with Crippen LogP contribution in [0.5, 0.6) is 11.5 Å². The number of anilines is 1. The molecule has 188 valence electrons. The normalized spacial score (nSPS) is 16.4. The second kappa shape index (κ2) is 11.1. The number of benzene rings is 2. The lowest BCUT2D eigenvalue weighted by molar-refractivity contribution is -0.139. The number of halogens is 1. The molecule has 0 aliphatic carbocycles. The van der Waals surface area contributed by atoms with Crippen LogP contribution >= 0.6 is 23.4 Å². The summed E-state index contributed by atoms with van der Waals surface area (Å²) >= 11 is 7.52. The van der Waals surface area contributed by atoms with E-state index in [2.05, 4.69) is 10.3 Å². The summed E-state index contributed by atoms with van der Waals surface area (Å²) in [6.07, 6.45) is 1.89. The standard InChI is InChI=1S/C26H26ClN3O5S/c1-5-34-25(32)23-16(3)28-26-30(10-11-36-26)24(23)17-7-9-20(21(12-17)33-4)35-14-22(31)29-19-13-18(27)8-6-15(19)2/h6-13,24H,5,14H2,1-4H3,(H,29,31)/t24-/m0/s1. The first kappa shape index (κ1) is 25.7. The van der Waals surface area contributed by atoms with Gasteiger partial charge in [0.05, 0.1) is 31.0 Å². The molecule has 0 spiro atoms. The fourth-order valence-corrected chi connectivity index (χ4v) is 4.89. The Bertz CT molecular complexity index is 1290. The van der Waals surface area contributed by atoms with Crippen LogP contribution in [0.25, 0.3) is 0 Å². The van der Waals surface area contributed by atoms with Gasteiger partial charge in [0.25, 0.3) is 5.91 Å². The molecule has 0 aromatic heterocycles. The van der Waals surface area contributed by atoms with Crippen LogP contribution in [0.4, 0.5) is 5.69 Å². The van der Waals surface area contributed by atoms with Crippen LogP contribution in [-0.2, 0) is 14.3 Å². The quantitative estimate of drug-likeness (QED) is 0.457. The van der Waals surface area contributed by atoms with E-state index in [0.29, 0.717) is 33.5 Å². The van der Waals surface area contributed by atoms with Gasteiger partial charge in [0, 0.05) is 16.9 Å². The fourth-order valence-electron chi connectivity index (χ4n) is 3.93. The Labute approximate surface area is 219 Å². The van der Waals surface area contributed by atoms with Gasteiger partial charge in [0.15, 0.2) is 23.3 Å². The van der Waals surface area contributed by atoms with Crippen LogP contribution in [0.2, 0.25) is 5.02 Å². The number of fused-ring (bicyclic) bond motifs is 1. The second-order valence-electron chi connectivity index (χ2n) is 8.03. The first-order chi connectivity index (χ1) is 17.3. The number of hydrogen-bond donors (Lipinski definition) is 1. The number of rotatable bonds is 8. The third-order valence-electron chi connectivity index (χ3n) is 5.65. The fraction of sp³-hybridized carbons (Fsp3) is 0.269. The molecule has 0 radical (unpaired) electrons. The Balaban J connectivity index is 1.56. The van der Waals surface area contributed by atoms with E-state index >= 15 is 0 Å². The van der Waals surface area contributed by atoms with Gasteiger partial charge in [-0.2, -0.15) is 0 Å². The number of carbonyl (C=O) groups is 2. The maximum atomic E-state index is 12.9. The van der Waals surface area contributed by atoms with Gasteiger partial charge in [0.1, 0.15) is 0 Å². The largest absolute Gasteiger partial charge is 0.493 e. The third kappa shape index (κ3) is 5.37. The molecule has 2 aliphatic rings. The number of nitrogens with zero attached hydrogens (tertiary/aromatic N) is 2. The van der Waals surface area contributed by atoms with E-state index in [9.17, 15) is 9.59 Å². The van der Waals surface area contributed by atoms with Crippen molar-refractivity contribution >= 4 is 46.1 Å². The summed E-state index contributed by atoms with van der Waals surface area (Å²) in [5.41, 5.74) is 3.37. The maximum Gasteiger partial charge on any atom is 0.338 e. The molecule has 0 bridgehead atoms. The maximum absolute atomic E-state index is 12.9. The summed E-state index contributed by atoms with van der Waals surface area (Å²) in [6, 6.07) is 10.2. The Morgan fingerprint density at radius 3 is 2.72 bits per heavy atom. The van der Waals surface area contributed by atoms with E-state index in [-0.39, 0.29) is 19.1 Å². The van der Waals surface area contributed by atoms with Gasteiger partial charge >= 0.3 is 5.97 Å². The summed E-state index contributed by atoms with van der Waals surface area (Å²) in [4.78, 5) is 31.9. The van der Waals surface area contributed by atoms with Crippen molar-refractivity contribution in [3.8, 4) is 11.5 Å². The number of nitrogens with one attached hydrogen (secondary N) is 1. The molecule has 1 N–H and O–H groups in total. The summed E-state index contributed by atoms with van der Waals surface area (Å²) < 4.78 is 16.7. The summed E-state index contributed by atoms with van der Waals surface area (Å²) in [5, 5.41) is 6.03. The first-order valence-electron chi connectivity index (χ1n) is 11.3. The monoisotopic (exact) mass is 527 g/mol. The first-order valence-corrected chi connectivity index (χ1v) is 12.5. The minimum atomic E-state index is -0.445. The van der Waals surface area contributed by atoms with Crippen molar-refractivity contribution in [1.82, 2.24) is 4.90 Å². The smallest absolute Gasteiger partial charge is 0.338 e. The molecule has 2 aliphatic heterocycles. The Morgan fingerprint density at radius 2 is 1.97 bits per heavy atom. The summed E-state index contributed by atoms with van der Waals surface area (Å²) in [5.74, 6) is 0.0796. The van der Waals surface area contributed by atoms with Crippen molar-refractivity contribution < 1.29 is 23.8 Å². The molecule has 1 amide bonds. The highest BCUT2D eigenvalue weighted by Gasteiger charge is 2.37. The van der Waals surface area contributed by atoms with E-state index in [0.717, 1.165) is 16.3 Å². The number of amidine groups is 1. The summed E-state index contributed by atoms with van der Waals surface area (Å²) in [7, 11) is 1.52. The summed E-state index contributed by atoms with van der Waals surface area (Å²) in [6.45, 7) is 5.49. The Kier molecular flexibility index (Phi) is 7.91. The van der Waals surface area contributed by atoms with E-state index < -0.39 is 12.0 Å². The molecule has 2 aromatic rings. The van der Waals surface area contributed by atoms with Crippen molar-refractivity contribution in [2.75, 3.05) is 25.6 Å². The van der Waals surface area contributed by atoms with Crippen LogP contribution in [-0.4, -0.2) is 42.3 Å². The molecule has 1 atom stereocenters. The zero-order valence-electron chi connectivity index (χ0n) is 20.3. The van der Waals surface area contributed by atoms with Gasteiger partial charge in [0.2, 0.25) is 0 Å². The van der Waals surface area contributed by atoms with Gasteiger partial charge in [-0.3, -0.25) is 4.79 Å². The van der Waals surface area contributed by atoms with Crippen LogP contribution in [0.15, 0.2) is 64.3 Å². The van der Waals surface area contributed by atoms with Gasteiger partial charge in [-0.15, -0.1) is 0 Å². The van der Waals surface area contributed by atoms with E-state index in [1.54, 1.807) is 38.1 Å². The number of thioether (sulfide) groups is 1. The van der Waals surface area contributed by atoms with Crippen molar-refractivity contribution in [3.05, 3.63) is 75.4 Å². The molecule has 2 heterocycles. The lowest BCUT2D eigenvalue weighted by Crippen LogP contribution is -2.34. The lowest BCUT2D eigenvalue weighted by atomic mass is 9.94. The van der Waals surface area contributed by atoms with Crippen LogP contribution in [0, 0.1) is 6.92 Å². The molecule has 36 heavy (non-hydrogen) atoms. The average molecular weight is 528 g/mol. The van der Waals surface area contributed by atoms with E-state index in [1.165, 1.54) is 18.9 Å². The predicted molar refractivity (Wildman–Crippen MR) is 141 cm³/mol. The molecular formula is C26H26ClN3O5S. The highest BCUT2D eigenvalue weighted by Crippen LogP contribution is 2.43. The molecule has 0 fully saturated rings. The minimum Gasteiger partial charge on any atom is -0.493 e. The number of ether oxygens (including phenoxy) is 3. The van der Waals surface area contributed by atoms with Crippen LogP contribution in [0.3, 0.4) is 0 Å². The molecule has 0 saturated carbocycles. The number of aliphatic imine (C=N–C) groups is 1. The van der Waals surface area contributed by atoms with Crippen LogP contribution in [0.1, 0.15) is 31.0 Å². The number of esters is 1. The number of carbonyl (C=O) groups excluding carboxylic acids is 2. The number of amides is 1. The molecule has 0 unspecified atom stereocenters. The van der Waals surface area contributed by atoms with Crippen molar-refractivity contribution in [2.24, 2.45) is 4.99 Å². The van der Waals surface area contributed by atoms with Crippen molar-refractivity contribution in [2.45, 2.75) is 26.8 Å². The topological polar surface area (TPSA) is 89.5 Å². The predicted octanol–water partition coefficient (Wildman–Crippen LogP) is 5.44. The molecule has 10 heteroatoms. The van der Waals surface area contributed by atoms with Crippen LogP contribution < -0.4 is 14.8 Å².